The van der Waals surface area contributed by atoms with Gasteiger partial charge in [0, 0.05) is 13.2 Å². The summed E-state index contributed by atoms with van der Waals surface area (Å²) in [5.41, 5.74) is 1.78. The number of anilines is 1. The summed E-state index contributed by atoms with van der Waals surface area (Å²) in [6, 6.07) is 1.90. The normalized spacial score (nSPS) is 7.87. The van der Waals surface area contributed by atoms with Gasteiger partial charge in [-0.1, -0.05) is 0 Å². The molecule has 0 amide bonds. The molecule has 0 heterocycles. The summed E-state index contributed by atoms with van der Waals surface area (Å²) in [6.07, 6.45) is 0. The second kappa shape index (κ2) is 9.04. The molecule has 0 aliphatic carbocycles. The molecule has 15 heavy (non-hydrogen) atoms. The summed E-state index contributed by atoms with van der Waals surface area (Å²) in [5.74, 6) is -1.43. The Morgan fingerprint density at radius 1 is 1.20 bits per heavy atom. The molecule has 86 valence electrons. The number of carbonyl (C=O) groups excluding carboxylic acids is 1. The van der Waals surface area contributed by atoms with Crippen molar-refractivity contribution in [2.45, 2.75) is 6.92 Å². The van der Waals surface area contributed by atoms with Crippen LogP contribution in [0.1, 0.15) is 5.56 Å². The molecular formula is C9H13F2NO3. The van der Waals surface area contributed by atoms with Crippen LogP contribution in [0.3, 0.4) is 0 Å². The van der Waals surface area contributed by atoms with Crippen LogP contribution in [0.25, 0.3) is 0 Å². The van der Waals surface area contributed by atoms with Crippen molar-refractivity contribution in [3.8, 4) is 0 Å². The summed E-state index contributed by atoms with van der Waals surface area (Å²) >= 11 is 0. The Morgan fingerprint density at radius 2 is 1.67 bits per heavy atom. The number of nitrogens with one attached hydrogen (secondary N) is 1. The van der Waals surface area contributed by atoms with Crippen LogP contribution < -0.4 is 5.48 Å². The second-order valence-electron chi connectivity index (χ2n) is 2.19. The van der Waals surface area contributed by atoms with Gasteiger partial charge >= 0.3 is 0 Å². The minimum atomic E-state index is -0.810. The molecule has 6 heteroatoms. The Morgan fingerprint density at radius 3 is 2.07 bits per heavy atom. The average molecular weight is 221 g/mol. The molecule has 0 fully saturated rings. The minimum Gasteiger partial charge on any atom is -0.400 e. The fourth-order valence-electron chi connectivity index (χ4n) is 0.743. The van der Waals surface area contributed by atoms with Crippen molar-refractivity contribution in [2.75, 3.05) is 12.6 Å². The highest BCUT2D eigenvalue weighted by Crippen LogP contribution is 2.17. The van der Waals surface area contributed by atoms with Crippen LogP contribution in [0.4, 0.5) is 14.5 Å². The van der Waals surface area contributed by atoms with E-state index in [-0.39, 0.29) is 11.3 Å². The highest BCUT2D eigenvalue weighted by atomic mass is 19.1. The fraction of sp³-hybridized carbons (Fsp3) is 0.222. The highest BCUT2D eigenvalue weighted by Gasteiger charge is 2.05. The SMILES string of the molecule is C=O.CO.Cc1cc(NO)c(F)cc1F. The first-order valence-electron chi connectivity index (χ1n) is 3.74. The van der Waals surface area contributed by atoms with Gasteiger partial charge in [-0.2, -0.15) is 0 Å². The van der Waals surface area contributed by atoms with Gasteiger partial charge < -0.3 is 9.90 Å². The highest BCUT2D eigenvalue weighted by molar-refractivity contribution is 5.45. The van der Waals surface area contributed by atoms with Crippen LogP contribution in [0, 0.1) is 18.6 Å². The average Bonchev–Trinajstić information content (AvgIpc) is 2.29. The first-order chi connectivity index (χ1) is 7.15. The number of carbonyl (C=O) groups is 1. The lowest BCUT2D eigenvalue weighted by Crippen LogP contribution is -1.95. The van der Waals surface area contributed by atoms with Crippen LogP contribution >= 0.6 is 0 Å². The van der Waals surface area contributed by atoms with Crippen LogP contribution in [-0.4, -0.2) is 24.2 Å². The van der Waals surface area contributed by atoms with Crippen molar-refractivity contribution in [1.82, 2.24) is 0 Å². The lowest BCUT2D eigenvalue weighted by Gasteiger charge is -2.02. The molecule has 1 aromatic carbocycles. The first kappa shape index (κ1) is 15.9. The molecule has 0 aliphatic rings. The maximum absolute atomic E-state index is 12.6. The summed E-state index contributed by atoms with van der Waals surface area (Å²) in [6.45, 7) is 3.48. The zero-order valence-corrected chi connectivity index (χ0v) is 8.42. The molecule has 0 aliphatic heterocycles. The zero-order valence-electron chi connectivity index (χ0n) is 8.42. The molecular weight excluding hydrogens is 208 g/mol. The second-order valence-corrected chi connectivity index (χ2v) is 2.19. The topological polar surface area (TPSA) is 69.6 Å². The number of halogens is 2. The van der Waals surface area contributed by atoms with Crippen molar-refractivity contribution in [3.63, 3.8) is 0 Å². The number of rotatable bonds is 1. The van der Waals surface area contributed by atoms with E-state index >= 15 is 0 Å². The molecule has 0 spiro atoms. The predicted molar refractivity (Wildman–Crippen MR) is 51.8 cm³/mol. The van der Waals surface area contributed by atoms with Crippen LogP contribution in [0.15, 0.2) is 12.1 Å². The van der Waals surface area contributed by atoms with Gasteiger partial charge in [-0.05, 0) is 18.6 Å². The third-order valence-corrected chi connectivity index (χ3v) is 1.37. The number of hydrogen-bond acceptors (Lipinski definition) is 4. The third-order valence-electron chi connectivity index (χ3n) is 1.37. The van der Waals surface area contributed by atoms with Gasteiger partial charge in [-0.15, -0.1) is 0 Å². The lowest BCUT2D eigenvalue weighted by molar-refractivity contribution is -0.0979. The van der Waals surface area contributed by atoms with Crippen molar-refractivity contribution in [3.05, 3.63) is 29.3 Å². The number of aliphatic hydroxyl groups excluding tert-OH is 1. The summed E-state index contributed by atoms with van der Waals surface area (Å²) in [7, 11) is 1.00. The summed E-state index contributed by atoms with van der Waals surface area (Å²) in [5, 5.41) is 15.3. The molecule has 0 unspecified atom stereocenters. The Balaban J connectivity index is 0. The standard InChI is InChI=1S/C7H7F2NO.CH4O.CH2O/c1-4-2-7(10-11)6(9)3-5(4)8;2*1-2/h2-3,10-11H,1H3;2H,1H3;1H2. The van der Waals surface area contributed by atoms with Gasteiger partial charge in [0.05, 0.1) is 5.69 Å². The van der Waals surface area contributed by atoms with Crippen molar-refractivity contribution in [1.29, 1.82) is 0 Å². The molecule has 0 aromatic heterocycles. The maximum Gasteiger partial charge on any atom is 0.151 e. The molecule has 4 nitrogen and oxygen atoms in total. The van der Waals surface area contributed by atoms with Crippen LogP contribution in [-0.2, 0) is 4.79 Å². The number of benzene rings is 1. The molecule has 0 bridgehead atoms. The molecule has 0 atom stereocenters. The number of aryl methyl sites for hydroxylation is 1. The van der Waals surface area contributed by atoms with Gasteiger partial charge in [0.25, 0.3) is 0 Å². The molecule has 0 radical (unpaired) electrons. The van der Waals surface area contributed by atoms with Gasteiger partial charge in [-0.25, -0.2) is 8.78 Å². The van der Waals surface area contributed by atoms with E-state index in [9.17, 15) is 8.78 Å². The Hall–Kier alpha value is -1.53. The summed E-state index contributed by atoms with van der Waals surface area (Å²) < 4.78 is 25.1. The fourth-order valence-corrected chi connectivity index (χ4v) is 0.743. The monoisotopic (exact) mass is 221 g/mol. The van der Waals surface area contributed by atoms with Crippen LogP contribution in [0.5, 0.6) is 0 Å². The Kier molecular flexibility index (Phi) is 9.60. The Labute approximate surface area is 86.1 Å². The van der Waals surface area contributed by atoms with E-state index in [2.05, 4.69) is 0 Å². The van der Waals surface area contributed by atoms with Crippen molar-refractivity contribution < 1.29 is 23.9 Å². The van der Waals surface area contributed by atoms with E-state index in [1.807, 2.05) is 6.79 Å². The van der Waals surface area contributed by atoms with E-state index in [1.165, 1.54) is 13.0 Å². The molecule has 1 aromatic rings. The predicted octanol–water partition coefficient (Wildman–Crippen LogP) is 1.50. The molecule has 0 saturated carbocycles. The minimum absolute atomic E-state index is 0.121. The summed E-state index contributed by atoms with van der Waals surface area (Å²) in [4.78, 5) is 8.00. The Bertz CT molecular complexity index is 295. The zero-order chi connectivity index (χ0) is 12.4. The van der Waals surface area contributed by atoms with E-state index < -0.39 is 11.6 Å². The maximum atomic E-state index is 12.6. The quantitative estimate of drug-likeness (QED) is 0.628. The molecule has 1 rings (SSSR count). The lowest BCUT2D eigenvalue weighted by atomic mass is 10.2. The first-order valence-corrected chi connectivity index (χ1v) is 3.74. The molecule has 0 saturated heterocycles. The van der Waals surface area contributed by atoms with Gasteiger partial charge in [0.1, 0.15) is 12.6 Å². The third kappa shape index (κ3) is 5.04. The van der Waals surface area contributed by atoms with E-state index in [0.29, 0.717) is 6.07 Å². The van der Waals surface area contributed by atoms with E-state index in [4.69, 9.17) is 15.1 Å². The largest absolute Gasteiger partial charge is 0.400 e. The molecule has 3 N–H and O–H groups in total. The van der Waals surface area contributed by atoms with Crippen molar-refractivity contribution >= 4 is 12.5 Å². The smallest absolute Gasteiger partial charge is 0.151 e. The van der Waals surface area contributed by atoms with E-state index in [1.54, 1.807) is 5.48 Å². The van der Waals surface area contributed by atoms with Gasteiger partial charge in [0.15, 0.2) is 5.82 Å². The van der Waals surface area contributed by atoms with Crippen LogP contribution in [0.2, 0.25) is 0 Å². The van der Waals surface area contributed by atoms with Gasteiger partial charge in [-0.3, -0.25) is 10.7 Å². The van der Waals surface area contributed by atoms with E-state index in [0.717, 1.165) is 7.11 Å². The van der Waals surface area contributed by atoms with Gasteiger partial charge in [0.2, 0.25) is 0 Å². The van der Waals surface area contributed by atoms with Crippen molar-refractivity contribution in [2.24, 2.45) is 0 Å². The number of aliphatic hydroxyl groups is 1. The number of hydrogen-bond donors (Lipinski definition) is 3.